The number of H-pyrrole nitrogens is 1. The Morgan fingerprint density at radius 1 is 1.28 bits per heavy atom. The standard InChI is InChI=1S/C24H25FN4O6S/c1-35-22-7-4-15(25)10-19(22)18-8-9-26-23-20(18)11-21(27-23)14-2-5-16(6-3-14)29(24(31)32)36(33,34)28-12-17(30)13-28/h2,4,7-11,16-17,30H,3,5-6,12-13H2,1H3,(H,26,27)(H,31,32)/p-1. The largest absolute Gasteiger partial charge is 0.529 e. The predicted octanol–water partition coefficient (Wildman–Crippen LogP) is 1.88. The van der Waals surface area contributed by atoms with Crippen LogP contribution in [0.5, 0.6) is 5.75 Å². The molecule has 1 aromatic carbocycles. The molecule has 2 aliphatic rings. The van der Waals surface area contributed by atoms with Gasteiger partial charge in [-0.15, -0.1) is 0 Å². The topological polar surface area (TPSA) is 139 Å². The number of aliphatic hydroxyl groups is 1. The van der Waals surface area contributed by atoms with Crippen molar-refractivity contribution < 1.29 is 32.6 Å². The number of ether oxygens (including phenoxy) is 1. The third kappa shape index (κ3) is 4.21. The van der Waals surface area contributed by atoms with E-state index in [4.69, 9.17) is 4.74 Å². The number of carboxylic acid groups (broad SMARTS) is 1. The smallest absolute Gasteiger partial charge is 0.305 e. The van der Waals surface area contributed by atoms with Crippen molar-refractivity contribution in [1.82, 2.24) is 18.6 Å². The highest BCUT2D eigenvalue weighted by molar-refractivity contribution is 7.87. The maximum absolute atomic E-state index is 14.0. The number of β-amino-alcohol motifs (C(OH)–C–C–N with tert-alkyl or cyclic N) is 1. The molecule has 5 rings (SSSR count). The number of carbonyl (C=O) groups is 1. The summed E-state index contributed by atoms with van der Waals surface area (Å²) in [5.41, 5.74) is 3.55. The third-order valence-electron chi connectivity index (χ3n) is 6.63. The quantitative estimate of drug-likeness (QED) is 0.511. The van der Waals surface area contributed by atoms with Crippen LogP contribution in [0.2, 0.25) is 0 Å². The lowest BCUT2D eigenvalue weighted by molar-refractivity contribution is -0.261. The molecule has 1 atom stereocenters. The van der Waals surface area contributed by atoms with E-state index in [9.17, 15) is 27.8 Å². The fourth-order valence-electron chi connectivity index (χ4n) is 4.76. The summed E-state index contributed by atoms with van der Waals surface area (Å²) in [6.07, 6.45) is 1.68. The molecule has 12 heteroatoms. The van der Waals surface area contributed by atoms with Crippen LogP contribution in [0.15, 0.2) is 42.6 Å². The minimum Gasteiger partial charge on any atom is -0.529 e. The summed E-state index contributed by atoms with van der Waals surface area (Å²) in [7, 11) is -2.78. The van der Waals surface area contributed by atoms with Crippen molar-refractivity contribution in [2.45, 2.75) is 31.4 Å². The van der Waals surface area contributed by atoms with Gasteiger partial charge in [0, 0.05) is 35.9 Å². The fraction of sp³-hybridized carbons (Fsp3) is 0.333. The molecular weight excluding hydrogens is 491 g/mol. The molecule has 1 aliphatic heterocycles. The van der Waals surface area contributed by atoms with Crippen LogP contribution in [0.4, 0.5) is 9.18 Å². The number of aromatic nitrogens is 2. The van der Waals surface area contributed by atoms with Gasteiger partial charge in [-0.3, -0.25) is 0 Å². The first-order valence-corrected chi connectivity index (χ1v) is 12.8. The number of nitrogens with one attached hydrogen (secondary N) is 1. The first-order valence-electron chi connectivity index (χ1n) is 11.4. The molecule has 2 N–H and O–H groups in total. The first kappa shape index (κ1) is 24.2. The summed E-state index contributed by atoms with van der Waals surface area (Å²) in [5, 5.41) is 22.0. The highest BCUT2D eigenvalue weighted by atomic mass is 32.2. The molecule has 0 bridgehead atoms. The van der Waals surface area contributed by atoms with E-state index in [1.165, 1.54) is 19.2 Å². The minimum absolute atomic E-state index is 0.138. The summed E-state index contributed by atoms with van der Waals surface area (Å²) < 4.78 is 46.3. The van der Waals surface area contributed by atoms with Gasteiger partial charge in [0.25, 0.3) is 0 Å². The zero-order valence-corrected chi connectivity index (χ0v) is 20.2. The summed E-state index contributed by atoms with van der Waals surface area (Å²) in [6, 6.07) is 7.15. The second-order valence-corrected chi connectivity index (χ2v) is 10.7. The van der Waals surface area contributed by atoms with Gasteiger partial charge < -0.3 is 24.7 Å². The van der Waals surface area contributed by atoms with Crippen LogP contribution >= 0.6 is 0 Å². The Kier molecular flexibility index (Phi) is 6.18. The minimum atomic E-state index is -4.29. The van der Waals surface area contributed by atoms with Crippen LogP contribution in [-0.2, 0) is 10.2 Å². The fourth-order valence-corrected chi connectivity index (χ4v) is 6.49. The van der Waals surface area contributed by atoms with Crippen molar-refractivity contribution in [3.8, 4) is 16.9 Å². The predicted molar refractivity (Wildman–Crippen MR) is 127 cm³/mol. The van der Waals surface area contributed by atoms with E-state index in [0.717, 1.165) is 26.5 Å². The number of rotatable bonds is 6. The number of aromatic amines is 1. The van der Waals surface area contributed by atoms with Gasteiger partial charge in [0.1, 0.15) is 17.2 Å². The normalized spacial score (nSPS) is 19.1. The Morgan fingerprint density at radius 2 is 2.06 bits per heavy atom. The van der Waals surface area contributed by atoms with Crippen LogP contribution < -0.4 is 9.84 Å². The Labute approximate surface area is 206 Å². The van der Waals surface area contributed by atoms with Crippen LogP contribution in [0.25, 0.3) is 27.7 Å². The van der Waals surface area contributed by atoms with E-state index in [0.29, 0.717) is 27.7 Å². The summed E-state index contributed by atoms with van der Waals surface area (Å²) in [5.74, 6) is 0.123. The number of allylic oxidation sites excluding steroid dienone is 1. The van der Waals surface area contributed by atoms with Gasteiger partial charge in [-0.2, -0.15) is 12.7 Å². The number of halogens is 1. The van der Waals surface area contributed by atoms with Crippen molar-refractivity contribution in [3.63, 3.8) is 0 Å². The SMILES string of the molecule is COc1ccc(F)cc1-c1ccnc2[nH]c(C3=CCC(N(C(=O)[O-])S(=O)(=O)N4CC(O)C4)CC3)cc12. The summed E-state index contributed by atoms with van der Waals surface area (Å²) in [6.45, 7) is -0.277. The lowest BCUT2D eigenvalue weighted by Gasteiger charge is -2.42. The number of pyridine rings is 1. The van der Waals surface area contributed by atoms with E-state index in [-0.39, 0.29) is 25.9 Å². The van der Waals surface area contributed by atoms with E-state index in [1.807, 2.05) is 6.07 Å². The first-order chi connectivity index (χ1) is 17.2. The molecule has 1 aliphatic carbocycles. The van der Waals surface area contributed by atoms with E-state index >= 15 is 0 Å². The molecule has 36 heavy (non-hydrogen) atoms. The van der Waals surface area contributed by atoms with Gasteiger partial charge in [0.2, 0.25) is 0 Å². The number of methoxy groups -OCH3 is 1. The van der Waals surface area contributed by atoms with Gasteiger partial charge in [0.05, 0.1) is 19.3 Å². The molecule has 0 radical (unpaired) electrons. The summed E-state index contributed by atoms with van der Waals surface area (Å²) in [4.78, 5) is 19.4. The van der Waals surface area contributed by atoms with Crippen molar-refractivity contribution in [1.29, 1.82) is 0 Å². The average Bonchev–Trinajstić information content (AvgIpc) is 3.26. The molecule has 3 aromatic rings. The van der Waals surface area contributed by atoms with Gasteiger partial charge in [-0.25, -0.2) is 13.7 Å². The molecule has 1 amide bonds. The Hall–Kier alpha value is -3.48. The van der Waals surface area contributed by atoms with Gasteiger partial charge in [0.15, 0.2) is 6.09 Å². The number of hydrogen-bond donors (Lipinski definition) is 2. The molecule has 10 nitrogen and oxygen atoms in total. The number of nitrogens with zero attached hydrogens (tertiary/aromatic N) is 3. The lowest BCUT2D eigenvalue weighted by atomic mass is 9.93. The molecule has 0 saturated carbocycles. The Morgan fingerprint density at radius 3 is 2.69 bits per heavy atom. The molecule has 190 valence electrons. The number of aliphatic hydroxyl groups excluding tert-OH is 1. The zero-order chi connectivity index (χ0) is 25.6. The molecule has 3 heterocycles. The highest BCUT2D eigenvalue weighted by Crippen LogP contribution is 2.38. The molecule has 1 unspecified atom stereocenters. The molecule has 0 spiro atoms. The highest BCUT2D eigenvalue weighted by Gasteiger charge is 2.41. The van der Waals surface area contributed by atoms with Crippen molar-refractivity contribution in [2.24, 2.45) is 0 Å². The van der Waals surface area contributed by atoms with Gasteiger partial charge >= 0.3 is 10.2 Å². The zero-order valence-electron chi connectivity index (χ0n) is 19.3. The van der Waals surface area contributed by atoms with Gasteiger partial charge in [-0.1, -0.05) is 6.08 Å². The number of amides is 1. The number of hydrogen-bond acceptors (Lipinski definition) is 7. The molecule has 1 fully saturated rings. The molecule has 2 aromatic heterocycles. The number of benzene rings is 1. The number of carbonyl (C=O) groups excluding carboxylic acids is 1. The van der Waals surface area contributed by atoms with E-state index in [1.54, 1.807) is 24.4 Å². The third-order valence-corrected chi connectivity index (χ3v) is 8.52. The monoisotopic (exact) mass is 515 g/mol. The lowest BCUT2D eigenvalue weighted by Crippen LogP contribution is -2.62. The van der Waals surface area contributed by atoms with E-state index in [2.05, 4.69) is 9.97 Å². The van der Waals surface area contributed by atoms with Crippen molar-refractivity contribution in [3.05, 3.63) is 54.1 Å². The van der Waals surface area contributed by atoms with Crippen LogP contribution in [0.3, 0.4) is 0 Å². The second-order valence-electron chi connectivity index (χ2n) is 8.85. The maximum atomic E-state index is 14.0. The Bertz CT molecular complexity index is 1460. The average molecular weight is 516 g/mol. The van der Waals surface area contributed by atoms with Crippen LogP contribution in [-0.4, -0.2) is 70.5 Å². The van der Waals surface area contributed by atoms with Crippen LogP contribution in [0.1, 0.15) is 25.0 Å². The van der Waals surface area contributed by atoms with Crippen LogP contribution in [0, 0.1) is 5.82 Å². The second kappa shape index (κ2) is 9.19. The van der Waals surface area contributed by atoms with Gasteiger partial charge in [-0.05, 0) is 60.7 Å². The summed E-state index contributed by atoms with van der Waals surface area (Å²) >= 11 is 0. The Balaban J connectivity index is 1.43. The van der Waals surface area contributed by atoms with E-state index < -0.39 is 34.3 Å². The number of fused-ring (bicyclic) bond motifs is 1. The van der Waals surface area contributed by atoms with Crippen molar-refractivity contribution in [2.75, 3.05) is 20.2 Å². The molecule has 1 saturated heterocycles. The maximum Gasteiger partial charge on any atom is 0.305 e. The van der Waals surface area contributed by atoms with Crippen molar-refractivity contribution >= 4 is 32.9 Å². The molecular formula is C24H24FN4O6S-.